The monoisotopic (exact) mass is 286 g/mol. The Balaban J connectivity index is 1.62. The van der Waals surface area contributed by atoms with Gasteiger partial charge >= 0.3 is 0 Å². The van der Waals surface area contributed by atoms with Crippen LogP contribution < -0.4 is 0 Å². The number of nitrogens with zero attached hydrogens (tertiary/aromatic N) is 3. The highest BCUT2D eigenvalue weighted by Gasteiger charge is 2.20. The molecule has 1 saturated heterocycles. The molecule has 5 heteroatoms. The zero-order valence-corrected chi connectivity index (χ0v) is 12.5. The maximum Gasteiger partial charge on any atom is 0.0922 e. The van der Waals surface area contributed by atoms with Crippen molar-refractivity contribution >= 4 is 0 Å². The van der Waals surface area contributed by atoms with Crippen LogP contribution in [0.4, 0.5) is 0 Å². The molecule has 0 saturated carbocycles. The number of ether oxygens (including phenoxy) is 1. The van der Waals surface area contributed by atoms with Gasteiger partial charge in [0.05, 0.1) is 19.5 Å². The van der Waals surface area contributed by atoms with Gasteiger partial charge in [-0.25, -0.2) is 4.98 Å². The predicted octanol–water partition coefficient (Wildman–Crippen LogP) is 1.80. The summed E-state index contributed by atoms with van der Waals surface area (Å²) in [4.78, 5) is 14.3. The van der Waals surface area contributed by atoms with Crippen LogP contribution in [0.5, 0.6) is 0 Å². The normalized spacial score (nSPS) is 20.3. The third-order valence-electron chi connectivity index (χ3n) is 3.81. The molecule has 3 rings (SSSR count). The molecule has 5 nitrogen and oxygen atoms in total. The summed E-state index contributed by atoms with van der Waals surface area (Å²) in [5.41, 5.74) is 3.40. The van der Waals surface area contributed by atoms with Gasteiger partial charge in [-0.2, -0.15) is 0 Å². The van der Waals surface area contributed by atoms with E-state index in [4.69, 9.17) is 4.74 Å². The van der Waals surface area contributed by atoms with Crippen molar-refractivity contribution in [2.45, 2.75) is 19.9 Å². The number of imidazole rings is 1. The third-order valence-corrected chi connectivity index (χ3v) is 3.81. The summed E-state index contributed by atoms with van der Waals surface area (Å²) in [6, 6.07) is 6.23. The van der Waals surface area contributed by atoms with Crippen molar-refractivity contribution in [1.82, 2.24) is 19.9 Å². The molecule has 3 heterocycles. The van der Waals surface area contributed by atoms with E-state index in [1.54, 1.807) is 6.33 Å². The Bertz CT molecular complexity index is 555. The number of nitrogens with one attached hydrogen (secondary N) is 1. The Labute approximate surface area is 125 Å². The lowest BCUT2D eigenvalue weighted by atomic mass is 10.0. The summed E-state index contributed by atoms with van der Waals surface area (Å²) < 4.78 is 5.76. The zero-order valence-electron chi connectivity index (χ0n) is 12.5. The highest BCUT2D eigenvalue weighted by molar-refractivity contribution is 5.10. The number of aromatic nitrogens is 3. The first kappa shape index (κ1) is 14.2. The minimum atomic E-state index is 0.490. The molecule has 0 amide bonds. The Kier molecular flexibility index (Phi) is 4.62. The van der Waals surface area contributed by atoms with E-state index in [0.29, 0.717) is 5.92 Å². The summed E-state index contributed by atoms with van der Waals surface area (Å²) in [7, 11) is 0. The van der Waals surface area contributed by atoms with Crippen LogP contribution in [0.25, 0.3) is 0 Å². The molecule has 1 aliphatic rings. The standard InChI is InChI=1S/C16H22N4O/c1-13-3-2-4-15(19-13)7-14-9-20(5-6-21-11-14)10-16-8-17-12-18-16/h2-4,8,12,14H,5-7,9-11H2,1H3,(H,17,18)/t14-/m0/s1. The molecule has 21 heavy (non-hydrogen) atoms. The Morgan fingerprint density at radius 3 is 3.19 bits per heavy atom. The maximum absolute atomic E-state index is 5.76. The summed E-state index contributed by atoms with van der Waals surface area (Å²) in [5.74, 6) is 0.490. The first-order chi connectivity index (χ1) is 10.3. The van der Waals surface area contributed by atoms with E-state index < -0.39 is 0 Å². The second kappa shape index (κ2) is 6.83. The molecule has 112 valence electrons. The van der Waals surface area contributed by atoms with Crippen molar-refractivity contribution < 1.29 is 4.74 Å². The average Bonchev–Trinajstić information content (AvgIpc) is 2.86. The van der Waals surface area contributed by atoms with Crippen LogP contribution in [-0.2, 0) is 17.7 Å². The molecular formula is C16H22N4O. The van der Waals surface area contributed by atoms with Crippen LogP contribution in [0.15, 0.2) is 30.7 Å². The minimum Gasteiger partial charge on any atom is -0.380 e. The number of H-pyrrole nitrogens is 1. The van der Waals surface area contributed by atoms with E-state index >= 15 is 0 Å². The van der Waals surface area contributed by atoms with E-state index in [1.807, 2.05) is 19.2 Å². The van der Waals surface area contributed by atoms with E-state index in [-0.39, 0.29) is 0 Å². The molecule has 2 aromatic heterocycles. The molecule has 0 aromatic carbocycles. The molecular weight excluding hydrogens is 264 g/mol. The van der Waals surface area contributed by atoms with E-state index in [2.05, 4.69) is 32.0 Å². The number of hydrogen-bond donors (Lipinski definition) is 1. The molecule has 0 bridgehead atoms. The Morgan fingerprint density at radius 1 is 1.43 bits per heavy atom. The van der Waals surface area contributed by atoms with Gasteiger partial charge in [0.15, 0.2) is 0 Å². The maximum atomic E-state index is 5.76. The lowest BCUT2D eigenvalue weighted by Gasteiger charge is -2.22. The van der Waals surface area contributed by atoms with Gasteiger partial charge in [0, 0.05) is 48.8 Å². The Hall–Kier alpha value is -1.72. The Morgan fingerprint density at radius 2 is 2.38 bits per heavy atom. The van der Waals surface area contributed by atoms with Gasteiger partial charge in [-0.3, -0.25) is 9.88 Å². The second-order valence-corrected chi connectivity index (χ2v) is 5.73. The second-order valence-electron chi connectivity index (χ2n) is 5.73. The molecule has 0 aliphatic carbocycles. The predicted molar refractivity (Wildman–Crippen MR) is 80.9 cm³/mol. The number of aromatic amines is 1. The van der Waals surface area contributed by atoms with Gasteiger partial charge in [0.25, 0.3) is 0 Å². The third kappa shape index (κ3) is 4.12. The van der Waals surface area contributed by atoms with Crippen molar-refractivity contribution in [2.75, 3.05) is 26.3 Å². The first-order valence-corrected chi connectivity index (χ1v) is 7.49. The summed E-state index contributed by atoms with van der Waals surface area (Å²) in [5, 5.41) is 0. The quantitative estimate of drug-likeness (QED) is 0.931. The largest absolute Gasteiger partial charge is 0.380 e. The lowest BCUT2D eigenvalue weighted by Crippen LogP contribution is -2.30. The van der Waals surface area contributed by atoms with Gasteiger partial charge in [0.2, 0.25) is 0 Å². The molecule has 0 unspecified atom stereocenters. The van der Waals surface area contributed by atoms with Crippen LogP contribution in [0.2, 0.25) is 0 Å². The van der Waals surface area contributed by atoms with Crippen LogP contribution in [-0.4, -0.2) is 46.2 Å². The first-order valence-electron chi connectivity index (χ1n) is 7.49. The van der Waals surface area contributed by atoms with E-state index in [9.17, 15) is 0 Å². The zero-order chi connectivity index (χ0) is 14.5. The fourth-order valence-corrected chi connectivity index (χ4v) is 2.84. The van der Waals surface area contributed by atoms with E-state index in [0.717, 1.165) is 56.4 Å². The number of pyridine rings is 1. The number of hydrogen-bond acceptors (Lipinski definition) is 4. The van der Waals surface area contributed by atoms with Gasteiger partial charge < -0.3 is 9.72 Å². The van der Waals surface area contributed by atoms with Crippen molar-refractivity contribution in [3.63, 3.8) is 0 Å². The van der Waals surface area contributed by atoms with Gasteiger partial charge in [-0.05, 0) is 25.5 Å². The van der Waals surface area contributed by atoms with Crippen molar-refractivity contribution in [1.29, 1.82) is 0 Å². The van der Waals surface area contributed by atoms with Crippen LogP contribution in [0.1, 0.15) is 17.1 Å². The molecule has 0 radical (unpaired) electrons. The van der Waals surface area contributed by atoms with Crippen LogP contribution in [0.3, 0.4) is 0 Å². The molecule has 2 aromatic rings. The molecule has 1 aliphatic heterocycles. The summed E-state index contributed by atoms with van der Waals surface area (Å²) >= 11 is 0. The highest BCUT2D eigenvalue weighted by Crippen LogP contribution is 2.14. The van der Waals surface area contributed by atoms with Crippen molar-refractivity contribution in [2.24, 2.45) is 5.92 Å². The van der Waals surface area contributed by atoms with E-state index in [1.165, 1.54) is 0 Å². The minimum absolute atomic E-state index is 0.490. The molecule has 1 N–H and O–H groups in total. The fourth-order valence-electron chi connectivity index (χ4n) is 2.84. The number of aryl methyl sites for hydroxylation is 1. The molecule has 1 atom stereocenters. The average molecular weight is 286 g/mol. The van der Waals surface area contributed by atoms with Gasteiger partial charge in [-0.1, -0.05) is 6.07 Å². The molecule has 1 fully saturated rings. The molecule has 0 spiro atoms. The summed E-state index contributed by atoms with van der Waals surface area (Å²) in [6.45, 7) is 6.56. The topological polar surface area (TPSA) is 54.0 Å². The van der Waals surface area contributed by atoms with Gasteiger partial charge in [0.1, 0.15) is 0 Å². The number of rotatable bonds is 4. The summed E-state index contributed by atoms with van der Waals surface area (Å²) in [6.07, 6.45) is 4.60. The fraction of sp³-hybridized carbons (Fsp3) is 0.500. The van der Waals surface area contributed by atoms with Crippen LogP contribution in [0, 0.1) is 12.8 Å². The smallest absolute Gasteiger partial charge is 0.0922 e. The van der Waals surface area contributed by atoms with Crippen LogP contribution >= 0.6 is 0 Å². The van der Waals surface area contributed by atoms with Gasteiger partial charge in [-0.15, -0.1) is 0 Å². The van der Waals surface area contributed by atoms with Crippen molar-refractivity contribution in [3.05, 3.63) is 47.8 Å². The SMILES string of the molecule is Cc1cccc(C[C@@H]2COCCN(Cc3cnc[nH]3)C2)n1. The highest BCUT2D eigenvalue weighted by atomic mass is 16.5. The lowest BCUT2D eigenvalue weighted by molar-refractivity contribution is 0.121. The van der Waals surface area contributed by atoms with Crippen molar-refractivity contribution in [3.8, 4) is 0 Å².